The van der Waals surface area contributed by atoms with Crippen LogP contribution in [-0.2, 0) is 16.6 Å². The first-order chi connectivity index (χ1) is 14.0. The van der Waals surface area contributed by atoms with E-state index in [2.05, 4.69) is 9.88 Å². The molecule has 29 heavy (non-hydrogen) atoms. The van der Waals surface area contributed by atoms with Crippen molar-refractivity contribution in [3.05, 3.63) is 66.5 Å². The second-order valence-electron chi connectivity index (χ2n) is 7.56. The Labute approximate surface area is 172 Å². The van der Waals surface area contributed by atoms with Gasteiger partial charge in [0.1, 0.15) is 0 Å². The van der Waals surface area contributed by atoms with Crippen LogP contribution in [0.3, 0.4) is 0 Å². The third-order valence-electron chi connectivity index (χ3n) is 5.45. The van der Waals surface area contributed by atoms with Crippen molar-refractivity contribution in [1.82, 2.24) is 14.2 Å². The molecule has 1 aromatic heterocycles. The van der Waals surface area contributed by atoms with Crippen molar-refractivity contribution < 1.29 is 8.42 Å². The second kappa shape index (κ2) is 8.10. The van der Waals surface area contributed by atoms with Crippen LogP contribution >= 0.6 is 0 Å². The topological polar surface area (TPSA) is 56.8 Å². The Kier molecular flexibility index (Phi) is 5.54. The van der Waals surface area contributed by atoms with Crippen LogP contribution in [0.5, 0.6) is 0 Å². The number of fused-ring (bicyclic) bond motifs is 1. The second-order valence-corrected chi connectivity index (χ2v) is 9.46. The molecule has 0 spiro atoms. The SMILES string of the molecule is CN(C)c1cccc2c(S(=O)(=O)N3CCN(Cc4ccncc4)CC3)cccc12. The molecule has 0 amide bonds. The smallest absolute Gasteiger partial charge is 0.243 e. The summed E-state index contributed by atoms with van der Waals surface area (Å²) in [4.78, 5) is 8.74. The van der Waals surface area contributed by atoms with Crippen LogP contribution in [0.4, 0.5) is 5.69 Å². The Balaban J connectivity index is 1.56. The molecule has 0 bridgehead atoms. The van der Waals surface area contributed by atoms with E-state index in [1.54, 1.807) is 22.8 Å². The number of sulfonamides is 1. The Bertz CT molecular complexity index is 1090. The molecule has 0 unspecified atom stereocenters. The lowest BCUT2D eigenvalue weighted by Gasteiger charge is -2.34. The number of piperazine rings is 1. The van der Waals surface area contributed by atoms with Crippen molar-refractivity contribution in [3.8, 4) is 0 Å². The molecule has 3 aromatic rings. The number of pyridine rings is 1. The number of aromatic nitrogens is 1. The summed E-state index contributed by atoms with van der Waals surface area (Å²) >= 11 is 0. The lowest BCUT2D eigenvalue weighted by molar-refractivity contribution is 0.181. The van der Waals surface area contributed by atoms with Crippen LogP contribution < -0.4 is 4.90 Å². The summed E-state index contributed by atoms with van der Waals surface area (Å²) in [7, 11) is 0.391. The molecule has 6 nitrogen and oxygen atoms in total. The number of hydrogen-bond donors (Lipinski definition) is 0. The van der Waals surface area contributed by atoms with E-state index >= 15 is 0 Å². The van der Waals surface area contributed by atoms with Crippen LogP contribution in [0.15, 0.2) is 65.8 Å². The van der Waals surface area contributed by atoms with Gasteiger partial charge in [-0.2, -0.15) is 4.31 Å². The molecule has 0 N–H and O–H groups in total. The molecule has 152 valence electrons. The Hall–Kier alpha value is -2.48. The van der Waals surface area contributed by atoms with Crippen LogP contribution in [0.25, 0.3) is 10.8 Å². The molecule has 2 aromatic carbocycles. The van der Waals surface area contributed by atoms with Gasteiger partial charge < -0.3 is 4.90 Å². The average molecular weight is 411 g/mol. The Morgan fingerprint density at radius 2 is 1.55 bits per heavy atom. The van der Waals surface area contributed by atoms with Gasteiger partial charge in [0, 0.05) is 75.7 Å². The molecule has 0 radical (unpaired) electrons. The number of benzene rings is 2. The van der Waals surface area contributed by atoms with Crippen LogP contribution in [-0.4, -0.2) is 62.9 Å². The van der Waals surface area contributed by atoms with Gasteiger partial charge in [-0.1, -0.05) is 24.3 Å². The molecular weight excluding hydrogens is 384 g/mol. The van der Waals surface area contributed by atoms with E-state index in [4.69, 9.17) is 0 Å². The van der Waals surface area contributed by atoms with E-state index in [0.717, 1.165) is 36.1 Å². The van der Waals surface area contributed by atoms with Crippen molar-refractivity contribution in [3.63, 3.8) is 0 Å². The zero-order chi connectivity index (χ0) is 20.4. The minimum atomic E-state index is -3.55. The van der Waals surface area contributed by atoms with Gasteiger partial charge in [-0.3, -0.25) is 9.88 Å². The van der Waals surface area contributed by atoms with E-state index in [0.29, 0.717) is 18.0 Å². The van der Waals surface area contributed by atoms with Crippen molar-refractivity contribution in [2.24, 2.45) is 0 Å². The summed E-state index contributed by atoms with van der Waals surface area (Å²) in [6.45, 7) is 3.25. The van der Waals surface area contributed by atoms with E-state index in [1.165, 1.54) is 5.56 Å². The molecule has 1 aliphatic heterocycles. The van der Waals surface area contributed by atoms with Crippen molar-refractivity contribution in [1.29, 1.82) is 0 Å². The fourth-order valence-electron chi connectivity index (χ4n) is 3.89. The highest BCUT2D eigenvalue weighted by molar-refractivity contribution is 7.89. The zero-order valence-corrected chi connectivity index (χ0v) is 17.6. The van der Waals surface area contributed by atoms with Gasteiger partial charge in [0.15, 0.2) is 0 Å². The zero-order valence-electron chi connectivity index (χ0n) is 16.8. The molecule has 1 saturated heterocycles. The molecule has 0 aliphatic carbocycles. The van der Waals surface area contributed by atoms with Gasteiger partial charge in [0.25, 0.3) is 0 Å². The third kappa shape index (κ3) is 3.99. The first-order valence-corrected chi connectivity index (χ1v) is 11.2. The largest absolute Gasteiger partial charge is 0.377 e. The van der Waals surface area contributed by atoms with Gasteiger partial charge in [-0.25, -0.2) is 8.42 Å². The normalized spacial score (nSPS) is 16.2. The minimum absolute atomic E-state index is 0.390. The van der Waals surface area contributed by atoms with Gasteiger partial charge >= 0.3 is 0 Å². The van der Waals surface area contributed by atoms with Gasteiger partial charge in [-0.15, -0.1) is 0 Å². The summed E-state index contributed by atoms with van der Waals surface area (Å²) in [5, 5.41) is 1.73. The summed E-state index contributed by atoms with van der Waals surface area (Å²) in [5.74, 6) is 0. The number of hydrogen-bond acceptors (Lipinski definition) is 5. The monoisotopic (exact) mass is 410 g/mol. The number of anilines is 1. The molecule has 1 fully saturated rings. The Morgan fingerprint density at radius 1 is 0.897 bits per heavy atom. The summed E-state index contributed by atoms with van der Waals surface area (Å²) in [6.07, 6.45) is 3.58. The molecule has 2 heterocycles. The number of nitrogens with zero attached hydrogens (tertiary/aromatic N) is 4. The third-order valence-corrected chi connectivity index (χ3v) is 7.40. The minimum Gasteiger partial charge on any atom is -0.377 e. The summed E-state index contributed by atoms with van der Waals surface area (Å²) in [6, 6.07) is 15.4. The van der Waals surface area contributed by atoms with E-state index in [9.17, 15) is 8.42 Å². The highest BCUT2D eigenvalue weighted by Crippen LogP contribution is 2.32. The lowest BCUT2D eigenvalue weighted by Crippen LogP contribution is -2.48. The van der Waals surface area contributed by atoms with Gasteiger partial charge in [0.05, 0.1) is 4.90 Å². The van der Waals surface area contributed by atoms with E-state index in [1.807, 2.05) is 61.5 Å². The first kappa shape index (κ1) is 19.8. The summed E-state index contributed by atoms with van der Waals surface area (Å²) in [5.41, 5.74) is 2.21. The van der Waals surface area contributed by atoms with Gasteiger partial charge in [0.2, 0.25) is 10.0 Å². The van der Waals surface area contributed by atoms with Crippen LogP contribution in [0, 0.1) is 0 Å². The molecule has 0 atom stereocenters. The average Bonchev–Trinajstić information content (AvgIpc) is 2.74. The van der Waals surface area contributed by atoms with Crippen molar-refractivity contribution in [2.45, 2.75) is 11.4 Å². The molecular formula is C22H26N4O2S. The molecule has 1 aliphatic rings. The van der Waals surface area contributed by atoms with Gasteiger partial charge in [-0.05, 0) is 29.8 Å². The molecule has 4 rings (SSSR count). The van der Waals surface area contributed by atoms with Crippen LogP contribution in [0.1, 0.15) is 5.56 Å². The van der Waals surface area contributed by atoms with Crippen molar-refractivity contribution >= 4 is 26.5 Å². The predicted molar refractivity (Wildman–Crippen MR) is 117 cm³/mol. The maximum atomic E-state index is 13.4. The lowest BCUT2D eigenvalue weighted by atomic mass is 10.1. The van der Waals surface area contributed by atoms with Crippen LogP contribution in [0.2, 0.25) is 0 Å². The highest BCUT2D eigenvalue weighted by Gasteiger charge is 2.30. The summed E-state index contributed by atoms with van der Waals surface area (Å²) < 4.78 is 28.5. The maximum Gasteiger partial charge on any atom is 0.243 e. The quantitative estimate of drug-likeness (QED) is 0.647. The number of rotatable bonds is 5. The van der Waals surface area contributed by atoms with Crippen molar-refractivity contribution in [2.75, 3.05) is 45.2 Å². The van der Waals surface area contributed by atoms with E-state index in [-0.39, 0.29) is 0 Å². The Morgan fingerprint density at radius 3 is 2.24 bits per heavy atom. The standard InChI is InChI=1S/C22H26N4O2S/c1-24(2)21-7-3-6-20-19(21)5-4-8-22(20)29(27,28)26-15-13-25(14-16-26)17-18-9-11-23-12-10-18/h3-12H,13-17H2,1-2H3. The molecule has 7 heteroatoms. The molecule has 0 saturated carbocycles. The maximum absolute atomic E-state index is 13.4. The highest BCUT2D eigenvalue weighted by atomic mass is 32.2. The fourth-order valence-corrected chi connectivity index (χ4v) is 5.52. The predicted octanol–water partition coefficient (Wildman–Crippen LogP) is 2.81. The first-order valence-electron chi connectivity index (χ1n) is 9.77. The fraction of sp³-hybridized carbons (Fsp3) is 0.318. The van der Waals surface area contributed by atoms with E-state index < -0.39 is 10.0 Å².